The van der Waals surface area contributed by atoms with Gasteiger partial charge in [-0.15, -0.1) is 0 Å². The topological polar surface area (TPSA) is 58.9 Å². The first-order valence-electron chi connectivity index (χ1n) is 4.50. The second-order valence-electron chi connectivity index (χ2n) is 2.99. The summed E-state index contributed by atoms with van der Waals surface area (Å²) in [6, 6.07) is 4.04. The van der Waals surface area contributed by atoms with E-state index in [0.29, 0.717) is 0 Å². The average Bonchev–Trinajstić information content (AvgIpc) is 2.27. The highest BCUT2D eigenvalue weighted by Gasteiger charge is 2.14. The molecule has 0 saturated carbocycles. The molecule has 0 fully saturated rings. The number of alkyl halides is 2. The Morgan fingerprint density at radius 2 is 2.00 bits per heavy atom. The van der Waals surface area contributed by atoms with Crippen LogP contribution in [0.15, 0.2) is 18.2 Å². The Hall–Kier alpha value is -1.40. The highest BCUT2D eigenvalue weighted by atomic mass is 19.3. The molecule has 1 rings (SSSR count). The lowest BCUT2D eigenvalue weighted by molar-refractivity contribution is -0.0513. The third-order valence-electron chi connectivity index (χ3n) is 1.96. The van der Waals surface area contributed by atoms with Crippen molar-refractivity contribution >= 4 is 0 Å². The van der Waals surface area contributed by atoms with E-state index in [4.69, 9.17) is 9.84 Å². The van der Waals surface area contributed by atoms with Crippen LogP contribution >= 0.6 is 0 Å². The predicted octanol–water partition coefficient (Wildman–Crippen LogP) is 1.32. The van der Waals surface area contributed by atoms with Crippen molar-refractivity contribution in [2.75, 3.05) is 13.7 Å². The summed E-state index contributed by atoms with van der Waals surface area (Å²) in [7, 11) is 1.32. The highest BCUT2D eigenvalue weighted by molar-refractivity contribution is 5.43. The molecule has 0 radical (unpaired) electrons. The van der Waals surface area contributed by atoms with Crippen LogP contribution in [0.5, 0.6) is 11.5 Å². The maximum atomic E-state index is 12.1. The van der Waals surface area contributed by atoms with Crippen LogP contribution in [0.1, 0.15) is 11.7 Å². The monoisotopic (exact) mass is 234 g/mol. The van der Waals surface area contributed by atoms with Gasteiger partial charge in [-0.25, -0.2) is 0 Å². The fraction of sp³-hybridized carbons (Fsp3) is 0.400. The highest BCUT2D eigenvalue weighted by Crippen LogP contribution is 2.31. The summed E-state index contributed by atoms with van der Waals surface area (Å²) in [5.41, 5.74) is 0.277. The molecule has 4 nitrogen and oxygen atoms in total. The van der Waals surface area contributed by atoms with Gasteiger partial charge in [0.25, 0.3) is 0 Å². The van der Waals surface area contributed by atoms with Crippen molar-refractivity contribution in [1.29, 1.82) is 0 Å². The zero-order valence-electron chi connectivity index (χ0n) is 8.56. The summed E-state index contributed by atoms with van der Waals surface area (Å²) in [6.45, 7) is -3.48. The van der Waals surface area contributed by atoms with Crippen LogP contribution in [0.4, 0.5) is 8.78 Å². The molecule has 0 bridgehead atoms. The lowest BCUT2D eigenvalue weighted by atomic mass is 10.1. The fourth-order valence-corrected chi connectivity index (χ4v) is 1.19. The van der Waals surface area contributed by atoms with Crippen molar-refractivity contribution < 1.29 is 28.5 Å². The number of methoxy groups -OCH3 is 1. The lowest BCUT2D eigenvalue weighted by Gasteiger charge is -2.13. The molecule has 0 amide bonds. The largest absolute Gasteiger partial charge is 0.493 e. The number of ether oxygens (including phenoxy) is 2. The summed E-state index contributed by atoms with van der Waals surface area (Å²) in [5.74, 6) is -0.0447. The Labute approximate surface area is 91.0 Å². The van der Waals surface area contributed by atoms with E-state index in [1.54, 1.807) is 0 Å². The molecule has 0 aliphatic carbocycles. The molecule has 0 spiro atoms. The molecule has 0 aliphatic heterocycles. The van der Waals surface area contributed by atoms with Gasteiger partial charge in [0.15, 0.2) is 11.5 Å². The van der Waals surface area contributed by atoms with E-state index >= 15 is 0 Å². The van der Waals surface area contributed by atoms with Gasteiger partial charge in [-0.05, 0) is 17.7 Å². The second-order valence-corrected chi connectivity index (χ2v) is 2.99. The number of hydrogen-bond donors (Lipinski definition) is 2. The lowest BCUT2D eigenvalue weighted by Crippen LogP contribution is -2.06. The molecule has 16 heavy (non-hydrogen) atoms. The summed E-state index contributed by atoms with van der Waals surface area (Å²) < 4.78 is 33.2. The Morgan fingerprint density at radius 1 is 1.31 bits per heavy atom. The Kier molecular flexibility index (Phi) is 4.45. The van der Waals surface area contributed by atoms with Crippen LogP contribution in [-0.2, 0) is 0 Å². The first kappa shape index (κ1) is 12.7. The molecular weight excluding hydrogens is 222 g/mol. The number of aliphatic hydroxyl groups is 2. The van der Waals surface area contributed by atoms with Gasteiger partial charge in [0, 0.05) is 0 Å². The smallest absolute Gasteiger partial charge is 0.387 e. The molecule has 6 heteroatoms. The van der Waals surface area contributed by atoms with Gasteiger partial charge in [0.05, 0.1) is 13.7 Å². The van der Waals surface area contributed by atoms with Gasteiger partial charge in [0.2, 0.25) is 0 Å². The Morgan fingerprint density at radius 3 is 2.50 bits per heavy atom. The predicted molar refractivity (Wildman–Crippen MR) is 51.7 cm³/mol. The quantitative estimate of drug-likeness (QED) is 0.806. The number of aliphatic hydroxyl groups excluding tert-OH is 2. The maximum absolute atomic E-state index is 12.1. The molecule has 0 heterocycles. The summed E-state index contributed by atoms with van der Waals surface area (Å²) in [5, 5.41) is 18.0. The standard InChI is InChI=1S/C10H12F2O4/c1-15-8-3-2-6(7(14)5-13)4-9(8)16-10(11)12/h2-4,7,10,13-14H,5H2,1H3. The molecule has 0 aliphatic rings. The van der Waals surface area contributed by atoms with Gasteiger partial charge >= 0.3 is 6.61 Å². The zero-order valence-corrected chi connectivity index (χ0v) is 8.56. The normalized spacial score (nSPS) is 12.6. The van der Waals surface area contributed by atoms with E-state index in [0.717, 1.165) is 0 Å². The third kappa shape index (κ3) is 3.04. The van der Waals surface area contributed by atoms with Crippen LogP contribution in [0.2, 0.25) is 0 Å². The van der Waals surface area contributed by atoms with Gasteiger partial charge in [0.1, 0.15) is 6.10 Å². The molecule has 0 aromatic heterocycles. The average molecular weight is 234 g/mol. The second kappa shape index (κ2) is 5.62. The molecule has 1 aromatic carbocycles. The van der Waals surface area contributed by atoms with Crippen molar-refractivity contribution in [2.24, 2.45) is 0 Å². The molecule has 1 unspecified atom stereocenters. The molecular formula is C10H12F2O4. The van der Waals surface area contributed by atoms with E-state index in [2.05, 4.69) is 4.74 Å². The summed E-state index contributed by atoms with van der Waals surface area (Å²) in [6.07, 6.45) is -1.13. The van der Waals surface area contributed by atoms with Crippen molar-refractivity contribution in [2.45, 2.75) is 12.7 Å². The van der Waals surface area contributed by atoms with Crippen LogP contribution < -0.4 is 9.47 Å². The number of benzene rings is 1. The van der Waals surface area contributed by atoms with Gasteiger partial charge in [-0.2, -0.15) is 8.78 Å². The fourth-order valence-electron chi connectivity index (χ4n) is 1.19. The van der Waals surface area contributed by atoms with Crippen molar-refractivity contribution in [1.82, 2.24) is 0 Å². The number of rotatable bonds is 5. The minimum absolute atomic E-state index is 0.134. The molecule has 0 saturated heterocycles. The number of hydrogen-bond acceptors (Lipinski definition) is 4. The van der Waals surface area contributed by atoms with Crippen LogP contribution in [-0.4, -0.2) is 30.5 Å². The van der Waals surface area contributed by atoms with E-state index in [-0.39, 0.29) is 17.1 Å². The van der Waals surface area contributed by atoms with Crippen molar-refractivity contribution in [3.8, 4) is 11.5 Å². The van der Waals surface area contributed by atoms with Crippen molar-refractivity contribution in [3.63, 3.8) is 0 Å². The minimum atomic E-state index is -2.98. The SMILES string of the molecule is COc1ccc(C(O)CO)cc1OC(F)F. The molecule has 2 N–H and O–H groups in total. The molecule has 1 aromatic rings. The van der Waals surface area contributed by atoms with E-state index in [9.17, 15) is 13.9 Å². The zero-order chi connectivity index (χ0) is 12.1. The molecule has 90 valence electrons. The van der Waals surface area contributed by atoms with Gasteiger partial charge in [-0.3, -0.25) is 0 Å². The Balaban J connectivity index is 3.00. The van der Waals surface area contributed by atoms with Gasteiger partial charge in [-0.1, -0.05) is 6.07 Å². The first-order chi connectivity index (χ1) is 7.58. The van der Waals surface area contributed by atoms with Gasteiger partial charge < -0.3 is 19.7 Å². The van der Waals surface area contributed by atoms with Crippen molar-refractivity contribution in [3.05, 3.63) is 23.8 Å². The molecule has 1 atom stereocenters. The number of halogens is 2. The van der Waals surface area contributed by atoms with E-state index < -0.39 is 19.3 Å². The van der Waals surface area contributed by atoms with Crippen LogP contribution in [0, 0.1) is 0 Å². The Bertz CT molecular complexity index is 344. The third-order valence-corrected chi connectivity index (χ3v) is 1.96. The summed E-state index contributed by atoms with van der Waals surface area (Å²) >= 11 is 0. The van der Waals surface area contributed by atoms with E-state index in [1.807, 2.05) is 0 Å². The first-order valence-corrected chi connectivity index (χ1v) is 4.50. The van der Waals surface area contributed by atoms with E-state index in [1.165, 1.54) is 25.3 Å². The van der Waals surface area contributed by atoms with Crippen LogP contribution in [0.3, 0.4) is 0 Å². The maximum Gasteiger partial charge on any atom is 0.387 e. The van der Waals surface area contributed by atoms with Crippen LogP contribution in [0.25, 0.3) is 0 Å². The summed E-state index contributed by atoms with van der Waals surface area (Å²) in [4.78, 5) is 0. The minimum Gasteiger partial charge on any atom is -0.493 e.